The third kappa shape index (κ3) is 3.99. The van der Waals surface area contributed by atoms with Crippen LogP contribution in [0, 0.1) is 3.57 Å². The number of halogens is 2. The van der Waals surface area contributed by atoms with Crippen LogP contribution in [0.15, 0.2) is 53.6 Å². The lowest BCUT2D eigenvalue weighted by atomic mass is 10.2. The van der Waals surface area contributed by atoms with Crippen LogP contribution in [0.2, 0.25) is 5.02 Å². The van der Waals surface area contributed by atoms with Crippen molar-refractivity contribution >= 4 is 40.4 Å². The summed E-state index contributed by atoms with van der Waals surface area (Å²) in [7, 11) is 0. The molecule has 0 aromatic heterocycles. The molecule has 2 aromatic carbocycles. The standard InChI is InChI=1S/C14H12ClIN2/c15-13-7-5-11(6-8-13)9-17-18-10-12-3-1-2-4-14(12)16/h1-8,10,17H,9H2/b18-10-. The van der Waals surface area contributed by atoms with Gasteiger partial charge in [-0.3, -0.25) is 0 Å². The van der Waals surface area contributed by atoms with Gasteiger partial charge in [0.05, 0.1) is 12.8 Å². The van der Waals surface area contributed by atoms with Crippen molar-refractivity contribution in [2.24, 2.45) is 5.10 Å². The van der Waals surface area contributed by atoms with E-state index in [-0.39, 0.29) is 0 Å². The third-order valence-corrected chi connectivity index (χ3v) is 3.63. The van der Waals surface area contributed by atoms with Gasteiger partial charge in [0.25, 0.3) is 0 Å². The molecule has 0 heterocycles. The molecule has 0 atom stereocenters. The van der Waals surface area contributed by atoms with Gasteiger partial charge in [0, 0.05) is 14.2 Å². The zero-order chi connectivity index (χ0) is 12.8. The van der Waals surface area contributed by atoms with Gasteiger partial charge in [-0.1, -0.05) is 41.9 Å². The number of nitrogens with one attached hydrogen (secondary N) is 1. The Hall–Kier alpha value is -1.07. The summed E-state index contributed by atoms with van der Waals surface area (Å²) < 4.78 is 1.19. The molecule has 0 spiro atoms. The lowest BCUT2D eigenvalue weighted by Crippen LogP contribution is -2.05. The van der Waals surface area contributed by atoms with E-state index in [0.717, 1.165) is 16.1 Å². The predicted molar refractivity (Wildman–Crippen MR) is 85.0 cm³/mol. The van der Waals surface area contributed by atoms with Crippen LogP contribution in [0.1, 0.15) is 11.1 Å². The van der Waals surface area contributed by atoms with Crippen molar-refractivity contribution in [3.8, 4) is 0 Å². The molecule has 18 heavy (non-hydrogen) atoms. The molecule has 2 rings (SSSR count). The molecule has 0 aliphatic carbocycles. The van der Waals surface area contributed by atoms with Gasteiger partial charge < -0.3 is 5.43 Å². The fraction of sp³-hybridized carbons (Fsp3) is 0.0714. The van der Waals surface area contributed by atoms with Crippen LogP contribution < -0.4 is 5.43 Å². The Morgan fingerprint density at radius 1 is 1.11 bits per heavy atom. The number of benzene rings is 2. The van der Waals surface area contributed by atoms with Crippen molar-refractivity contribution < 1.29 is 0 Å². The van der Waals surface area contributed by atoms with Crippen molar-refractivity contribution in [3.63, 3.8) is 0 Å². The van der Waals surface area contributed by atoms with Crippen molar-refractivity contribution in [3.05, 3.63) is 68.3 Å². The molecular weight excluding hydrogens is 359 g/mol. The Morgan fingerprint density at radius 3 is 2.56 bits per heavy atom. The van der Waals surface area contributed by atoms with Crippen molar-refractivity contribution in [1.82, 2.24) is 5.43 Å². The highest BCUT2D eigenvalue weighted by Crippen LogP contribution is 2.10. The summed E-state index contributed by atoms with van der Waals surface area (Å²) in [5, 5.41) is 4.96. The Bertz CT molecular complexity index is 538. The molecule has 0 bridgehead atoms. The SMILES string of the molecule is Clc1ccc(CN/N=C\c2ccccc2I)cc1. The van der Waals surface area contributed by atoms with E-state index < -0.39 is 0 Å². The summed E-state index contributed by atoms with van der Waals surface area (Å²) in [6.07, 6.45) is 1.83. The van der Waals surface area contributed by atoms with E-state index in [1.165, 1.54) is 3.57 Å². The monoisotopic (exact) mass is 370 g/mol. The highest BCUT2D eigenvalue weighted by atomic mass is 127. The van der Waals surface area contributed by atoms with Gasteiger partial charge in [-0.25, -0.2) is 0 Å². The van der Waals surface area contributed by atoms with Crippen LogP contribution in [0.25, 0.3) is 0 Å². The topological polar surface area (TPSA) is 24.4 Å². The number of nitrogens with zero attached hydrogens (tertiary/aromatic N) is 1. The van der Waals surface area contributed by atoms with Gasteiger partial charge in [-0.15, -0.1) is 0 Å². The van der Waals surface area contributed by atoms with Gasteiger partial charge in [-0.2, -0.15) is 5.10 Å². The molecule has 2 aromatic rings. The first-order chi connectivity index (χ1) is 8.75. The van der Waals surface area contributed by atoms with E-state index in [0.29, 0.717) is 6.54 Å². The van der Waals surface area contributed by atoms with Crippen LogP contribution in [0.4, 0.5) is 0 Å². The zero-order valence-corrected chi connectivity index (χ0v) is 12.5. The lowest BCUT2D eigenvalue weighted by Gasteiger charge is -2.01. The summed E-state index contributed by atoms with van der Waals surface area (Å²) in [4.78, 5) is 0. The van der Waals surface area contributed by atoms with Crippen molar-refractivity contribution in [2.45, 2.75) is 6.54 Å². The summed E-state index contributed by atoms with van der Waals surface area (Å²) in [6.45, 7) is 0.692. The van der Waals surface area contributed by atoms with Gasteiger partial charge in [-0.05, 0) is 46.4 Å². The van der Waals surface area contributed by atoms with E-state index in [1.54, 1.807) is 0 Å². The van der Waals surface area contributed by atoms with Crippen LogP contribution in [-0.2, 0) is 6.54 Å². The van der Waals surface area contributed by atoms with Gasteiger partial charge in [0.15, 0.2) is 0 Å². The van der Waals surface area contributed by atoms with E-state index in [2.05, 4.69) is 39.2 Å². The largest absolute Gasteiger partial charge is 0.306 e. The average molecular weight is 371 g/mol. The smallest absolute Gasteiger partial charge is 0.0580 e. The molecule has 92 valence electrons. The van der Waals surface area contributed by atoms with Crippen LogP contribution in [0.3, 0.4) is 0 Å². The van der Waals surface area contributed by atoms with E-state index in [4.69, 9.17) is 11.6 Å². The van der Waals surface area contributed by atoms with Crippen LogP contribution in [0.5, 0.6) is 0 Å². The Morgan fingerprint density at radius 2 is 1.83 bits per heavy atom. The maximum absolute atomic E-state index is 5.82. The first-order valence-electron chi connectivity index (χ1n) is 5.50. The Kier molecular flexibility index (Phi) is 5.01. The second-order valence-electron chi connectivity index (χ2n) is 3.74. The molecule has 0 aliphatic rings. The molecular formula is C14H12ClIN2. The number of hydrogen-bond acceptors (Lipinski definition) is 2. The summed E-state index contributed by atoms with van der Waals surface area (Å²) in [6, 6.07) is 15.8. The highest BCUT2D eigenvalue weighted by Gasteiger charge is 1.94. The fourth-order valence-corrected chi connectivity index (χ4v) is 2.09. The Balaban J connectivity index is 1.89. The molecule has 4 heteroatoms. The molecule has 0 aliphatic heterocycles. The minimum Gasteiger partial charge on any atom is -0.306 e. The molecule has 0 unspecified atom stereocenters. The van der Waals surface area contributed by atoms with Gasteiger partial charge >= 0.3 is 0 Å². The third-order valence-electron chi connectivity index (χ3n) is 2.40. The average Bonchev–Trinajstić information content (AvgIpc) is 2.39. The first-order valence-corrected chi connectivity index (χ1v) is 6.96. The maximum atomic E-state index is 5.82. The van der Waals surface area contributed by atoms with Crippen molar-refractivity contribution in [1.29, 1.82) is 0 Å². The Labute approximate surface area is 125 Å². The molecule has 1 N–H and O–H groups in total. The molecule has 0 saturated carbocycles. The summed E-state index contributed by atoms with van der Waals surface area (Å²) in [5.41, 5.74) is 5.28. The van der Waals surface area contributed by atoms with E-state index >= 15 is 0 Å². The second kappa shape index (κ2) is 6.75. The molecule has 0 amide bonds. The normalized spacial score (nSPS) is 10.8. The van der Waals surface area contributed by atoms with Gasteiger partial charge in [0.1, 0.15) is 0 Å². The van der Waals surface area contributed by atoms with E-state index in [9.17, 15) is 0 Å². The minimum absolute atomic E-state index is 0.692. The molecule has 0 saturated heterocycles. The number of rotatable bonds is 4. The van der Waals surface area contributed by atoms with Crippen molar-refractivity contribution in [2.75, 3.05) is 0 Å². The lowest BCUT2D eigenvalue weighted by molar-refractivity contribution is 0.748. The quantitative estimate of drug-likeness (QED) is 0.490. The van der Waals surface area contributed by atoms with Crippen LogP contribution in [-0.4, -0.2) is 6.21 Å². The molecule has 0 radical (unpaired) electrons. The number of hydrogen-bond donors (Lipinski definition) is 1. The molecule has 2 nitrogen and oxygen atoms in total. The summed E-state index contributed by atoms with van der Waals surface area (Å²) in [5.74, 6) is 0. The maximum Gasteiger partial charge on any atom is 0.0580 e. The fourth-order valence-electron chi connectivity index (χ4n) is 1.43. The van der Waals surface area contributed by atoms with Gasteiger partial charge in [0.2, 0.25) is 0 Å². The second-order valence-corrected chi connectivity index (χ2v) is 5.34. The van der Waals surface area contributed by atoms with Crippen LogP contribution >= 0.6 is 34.2 Å². The number of hydrazone groups is 1. The summed E-state index contributed by atoms with van der Waals surface area (Å²) >= 11 is 8.11. The zero-order valence-electron chi connectivity index (χ0n) is 9.61. The minimum atomic E-state index is 0.692. The first kappa shape index (κ1) is 13.4. The molecule has 0 fully saturated rings. The predicted octanol–water partition coefficient (Wildman–Crippen LogP) is 4.07. The van der Waals surface area contributed by atoms with E-state index in [1.807, 2.05) is 48.7 Å². The highest BCUT2D eigenvalue weighted by molar-refractivity contribution is 14.1.